The van der Waals surface area contributed by atoms with Gasteiger partial charge in [-0.05, 0) is 50.6 Å². The van der Waals surface area contributed by atoms with Crippen LogP contribution in [0.25, 0.3) is 0 Å². The van der Waals surface area contributed by atoms with E-state index >= 15 is 0 Å². The summed E-state index contributed by atoms with van der Waals surface area (Å²) in [5.41, 5.74) is 0. The molecule has 0 spiro atoms. The lowest BCUT2D eigenvalue weighted by atomic mass is 10.1. The topological polar surface area (TPSA) is 70.4 Å². The highest BCUT2D eigenvalue weighted by Crippen LogP contribution is 2.11. The Bertz CT molecular complexity index is 736. The summed E-state index contributed by atoms with van der Waals surface area (Å²) in [5.74, 6) is 2.68. The van der Waals surface area contributed by atoms with Crippen molar-refractivity contribution >= 4 is 41.3 Å². The molecule has 0 aliphatic carbocycles. The molecule has 3 heterocycles. The molecule has 3 rings (SSSR count). The normalized spacial score (nSPS) is 15.9. The van der Waals surface area contributed by atoms with E-state index in [1.165, 1.54) is 17.8 Å². The van der Waals surface area contributed by atoms with Gasteiger partial charge in [-0.25, -0.2) is 4.99 Å². The Balaban J connectivity index is 0.00000300. The van der Waals surface area contributed by atoms with Gasteiger partial charge in [0.25, 0.3) is 0 Å². The van der Waals surface area contributed by atoms with Crippen molar-refractivity contribution in [2.45, 2.75) is 52.1 Å². The predicted octanol–water partition coefficient (Wildman–Crippen LogP) is 2.96. The molecule has 0 aromatic carbocycles. The fourth-order valence-corrected chi connectivity index (χ4v) is 4.17. The Morgan fingerprint density at radius 1 is 1.31 bits per heavy atom. The molecule has 2 aromatic heterocycles. The van der Waals surface area contributed by atoms with Crippen LogP contribution in [0.4, 0.5) is 0 Å². The van der Waals surface area contributed by atoms with Gasteiger partial charge < -0.3 is 20.1 Å². The van der Waals surface area contributed by atoms with Crippen molar-refractivity contribution in [1.82, 2.24) is 30.3 Å². The van der Waals surface area contributed by atoms with E-state index in [1.807, 2.05) is 18.5 Å². The molecule has 1 aliphatic rings. The molecule has 0 atom stereocenters. The molecular weight excluding hydrogens is 497 g/mol. The second-order valence-corrected chi connectivity index (χ2v) is 8.44. The van der Waals surface area contributed by atoms with E-state index in [9.17, 15) is 0 Å². The van der Waals surface area contributed by atoms with Gasteiger partial charge in [-0.3, -0.25) is 0 Å². The first-order valence-corrected chi connectivity index (χ1v) is 11.2. The first-order chi connectivity index (χ1) is 13.7. The van der Waals surface area contributed by atoms with E-state index in [-0.39, 0.29) is 24.0 Å². The van der Waals surface area contributed by atoms with E-state index in [0.717, 1.165) is 56.5 Å². The maximum atomic E-state index is 4.80. The molecule has 0 bridgehead atoms. The number of aliphatic imine (C=N–C) groups is 1. The largest absolute Gasteiger partial charge is 0.356 e. The molecule has 162 valence electrons. The van der Waals surface area contributed by atoms with Gasteiger partial charge in [0.05, 0.1) is 0 Å². The van der Waals surface area contributed by atoms with Crippen LogP contribution < -0.4 is 10.6 Å². The summed E-state index contributed by atoms with van der Waals surface area (Å²) in [5, 5.41) is 17.7. The molecule has 1 fully saturated rings. The lowest BCUT2D eigenvalue weighted by Gasteiger charge is -2.32. The second-order valence-electron chi connectivity index (χ2n) is 7.40. The minimum Gasteiger partial charge on any atom is -0.356 e. The minimum absolute atomic E-state index is 0. The zero-order valence-corrected chi connectivity index (χ0v) is 20.9. The SMILES string of the molecule is CCCN1CCC(NC(=NCc2nnc(C)n2C)NCCc2cccs2)CC1.I. The summed E-state index contributed by atoms with van der Waals surface area (Å²) in [6, 6.07) is 4.76. The molecule has 0 saturated carbocycles. The third kappa shape index (κ3) is 7.53. The average molecular weight is 532 g/mol. The van der Waals surface area contributed by atoms with Gasteiger partial charge in [-0.2, -0.15) is 0 Å². The number of aryl methyl sites for hydroxylation is 1. The van der Waals surface area contributed by atoms with Gasteiger partial charge in [0.2, 0.25) is 0 Å². The molecule has 7 nitrogen and oxygen atoms in total. The molecule has 1 saturated heterocycles. The van der Waals surface area contributed by atoms with Crippen molar-refractivity contribution in [3.63, 3.8) is 0 Å². The van der Waals surface area contributed by atoms with E-state index in [2.05, 4.69) is 50.2 Å². The number of aromatic nitrogens is 3. The first kappa shape index (κ1) is 24.1. The van der Waals surface area contributed by atoms with Gasteiger partial charge in [0, 0.05) is 37.6 Å². The molecule has 1 aliphatic heterocycles. The number of likely N-dealkylation sites (tertiary alicyclic amines) is 1. The number of guanidine groups is 1. The van der Waals surface area contributed by atoms with Gasteiger partial charge >= 0.3 is 0 Å². The van der Waals surface area contributed by atoms with Crippen LogP contribution in [0.15, 0.2) is 22.5 Å². The number of hydrogen-bond donors (Lipinski definition) is 2. The molecule has 9 heteroatoms. The molecule has 0 radical (unpaired) electrons. The number of piperidine rings is 1. The number of thiophene rings is 1. The standard InChI is InChI=1S/C20H33N7S.HI/c1-4-11-27-12-8-17(9-13-27)23-20(21-10-7-18-6-5-14-28-18)22-15-19-25-24-16(2)26(19)3;/h5-6,14,17H,4,7-13,15H2,1-3H3,(H2,21,22,23);1H. The first-order valence-electron chi connectivity index (χ1n) is 10.3. The van der Waals surface area contributed by atoms with Crippen molar-refractivity contribution in [3.8, 4) is 0 Å². The van der Waals surface area contributed by atoms with Gasteiger partial charge in [0.15, 0.2) is 11.8 Å². The Kier molecular flexibility index (Phi) is 10.4. The summed E-state index contributed by atoms with van der Waals surface area (Å²) in [6.07, 6.45) is 4.56. The fraction of sp³-hybridized carbons (Fsp3) is 0.650. The lowest BCUT2D eigenvalue weighted by molar-refractivity contribution is 0.206. The smallest absolute Gasteiger partial charge is 0.191 e. The lowest BCUT2D eigenvalue weighted by Crippen LogP contribution is -2.49. The third-order valence-corrected chi connectivity index (χ3v) is 6.21. The van der Waals surface area contributed by atoms with Crippen molar-refractivity contribution in [2.75, 3.05) is 26.2 Å². The summed E-state index contributed by atoms with van der Waals surface area (Å²) in [6.45, 7) is 9.15. The number of hydrogen-bond acceptors (Lipinski definition) is 5. The highest BCUT2D eigenvalue weighted by molar-refractivity contribution is 14.0. The highest BCUT2D eigenvalue weighted by atomic mass is 127. The van der Waals surface area contributed by atoms with Crippen molar-refractivity contribution in [3.05, 3.63) is 34.0 Å². The summed E-state index contributed by atoms with van der Waals surface area (Å²) in [4.78, 5) is 8.75. The van der Waals surface area contributed by atoms with Crippen LogP contribution >= 0.6 is 35.3 Å². The van der Waals surface area contributed by atoms with E-state index < -0.39 is 0 Å². The van der Waals surface area contributed by atoms with Crippen LogP contribution in [0.1, 0.15) is 42.7 Å². The zero-order chi connectivity index (χ0) is 19.8. The molecule has 0 unspecified atom stereocenters. The molecule has 29 heavy (non-hydrogen) atoms. The minimum atomic E-state index is 0. The van der Waals surface area contributed by atoms with E-state index in [1.54, 1.807) is 11.3 Å². The van der Waals surface area contributed by atoms with Crippen LogP contribution in [0.2, 0.25) is 0 Å². The predicted molar refractivity (Wildman–Crippen MR) is 131 cm³/mol. The summed E-state index contributed by atoms with van der Waals surface area (Å²) >= 11 is 1.80. The fourth-order valence-electron chi connectivity index (χ4n) is 3.46. The number of nitrogens with one attached hydrogen (secondary N) is 2. The Morgan fingerprint density at radius 3 is 2.72 bits per heavy atom. The third-order valence-electron chi connectivity index (χ3n) is 5.27. The molecule has 2 aromatic rings. The van der Waals surface area contributed by atoms with Gasteiger partial charge in [0.1, 0.15) is 12.4 Å². The van der Waals surface area contributed by atoms with Crippen LogP contribution in [0.3, 0.4) is 0 Å². The maximum absolute atomic E-state index is 4.80. The van der Waals surface area contributed by atoms with Gasteiger partial charge in [-0.15, -0.1) is 45.5 Å². The van der Waals surface area contributed by atoms with E-state index in [4.69, 9.17) is 4.99 Å². The molecule has 2 N–H and O–H groups in total. The molecule has 0 amide bonds. The Labute approximate surface area is 195 Å². The number of rotatable bonds is 8. The zero-order valence-electron chi connectivity index (χ0n) is 17.7. The van der Waals surface area contributed by atoms with Crippen LogP contribution in [-0.4, -0.2) is 57.8 Å². The number of halogens is 1. The van der Waals surface area contributed by atoms with Crippen molar-refractivity contribution in [2.24, 2.45) is 12.0 Å². The maximum Gasteiger partial charge on any atom is 0.191 e. The van der Waals surface area contributed by atoms with Crippen LogP contribution in [-0.2, 0) is 20.0 Å². The second kappa shape index (κ2) is 12.5. The Hall–Kier alpha value is -1.20. The highest BCUT2D eigenvalue weighted by Gasteiger charge is 2.19. The van der Waals surface area contributed by atoms with Crippen LogP contribution in [0.5, 0.6) is 0 Å². The van der Waals surface area contributed by atoms with Gasteiger partial charge in [-0.1, -0.05) is 13.0 Å². The number of nitrogens with zero attached hydrogens (tertiary/aromatic N) is 5. The van der Waals surface area contributed by atoms with Crippen LogP contribution in [0, 0.1) is 6.92 Å². The van der Waals surface area contributed by atoms with Crippen molar-refractivity contribution in [1.29, 1.82) is 0 Å². The average Bonchev–Trinajstić information content (AvgIpc) is 3.32. The quantitative estimate of drug-likeness (QED) is 0.312. The summed E-state index contributed by atoms with van der Waals surface area (Å²) in [7, 11) is 1.99. The molecular formula is C20H34IN7S. The van der Waals surface area contributed by atoms with E-state index in [0.29, 0.717) is 12.6 Å². The Morgan fingerprint density at radius 2 is 2.10 bits per heavy atom. The summed E-state index contributed by atoms with van der Waals surface area (Å²) < 4.78 is 2.00. The van der Waals surface area contributed by atoms with Crippen molar-refractivity contribution < 1.29 is 0 Å². The monoisotopic (exact) mass is 531 g/mol.